The van der Waals surface area contributed by atoms with Gasteiger partial charge in [0.2, 0.25) is 11.8 Å². The predicted octanol–water partition coefficient (Wildman–Crippen LogP) is 2.31. The number of pyridine rings is 1. The Bertz CT molecular complexity index is 780. The molecular formula is C21H24FN3O2. The van der Waals surface area contributed by atoms with Crippen molar-refractivity contribution in [1.29, 1.82) is 0 Å². The maximum absolute atomic E-state index is 13.0. The summed E-state index contributed by atoms with van der Waals surface area (Å²) in [5.74, 6) is -0.524. The minimum Gasteiger partial charge on any atom is -0.345 e. The SMILES string of the molecule is CN(CCc1ccncc1)C(=O)C1CC(=O)N(CCc2ccc(F)cc2)C1. The number of benzene rings is 1. The van der Waals surface area contributed by atoms with Crippen LogP contribution in [0.4, 0.5) is 4.39 Å². The zero-order valence-electron chi connectivity index (χ0n) is 15.5. The van der Waals surface area contributed by atoms with Gasteiger partial charge in [-0.2, -0.15) is 0 Å². The third kappa shape index (κ3) is 5.12. The van der Waals surface area contributed by atoms with Crippen molar-refractivity contribution in [3.05, 3.63) is 65.7 Å². The molecule has 0 N–H and O–H groups in total. The number of halogens is 1. The van der Waals surface area contributed by atoms with Gasteiger partial charge in [0.1, 0.15) is 5.82 Å². The lowest BCUT2D eigenvalue weighted by Crippen LogP contribution is -2.36. The molecule has 27 heavy (non-hydrogen) atoms. The van der Waals surface area contributed by atoms with Crippen molar-refractivity contribution in [1.82, 2.24) is 14.8 Å². The molecule has 1 aliphatic heterocycles. The van der Waals surface area contributed by atoms with Gasteiger partial charge in [-0.3, -0.25) is 14.6 Å². The highest BCUT2D eigenvalue weighted by atomic mass is 19.1. The largest absolute Gasteiger partial charge is 0.345 e. The standard InChI is InChI=1S/C21H24FN3O2/c1-24(12-8-17-6-10-23-11-7-17)21(27)18-14-20(26)25(15-18)13-9-16-2-4-19(22)5-3-16/h2-7,10-11,18H,8-9,12-15H2,1H3. The Hall–Kier alpha value is -2.76. The minimum atomic E-state index is -0.284. The smallest absolute Gasteiger partial charge is 0.227 e. The molecule has 1 unspecified atom stereocenters. The second kappa shape index (κ2) is 8.75. The Morgan fingerprint density at radius 2 is 1.81 bits per heavy atom. The highest BCUT2D eigenvalue weighted by molar-refractivity contribution is 5.89. The third-order valence-corrected chi connectivity index (χ3v) is 5.01. The number of likely N-dealkylation sites (tertiary alicyclic amines) is 1. The molecule has 0 bridgehead atoms. The summed E-state index contributed by atoms with van der Waals surface area (Å²) in [5.41, 5.74) is 2.11. The molecule has 2 aromatic rings. The molecule has 5 nitrogen and oxygen atoms in total. The van der Waals surface area contributed by atoms with Crippen LogP contribution in [0.1, 0.15) is 17.5 Å². The molecule has 1 atom stereocenters. The number of amides is 2. The van der Waals surface area contributed by atoms with Crippen molar-refractivity contribution in [3.8, 4) is 0 Å². The van der Waals surface area contributed by atoms with Crippen LogP contribution in [-0.4, -0.2) is 53.3 Å². The van der Waals surface area contributed by atoms with Crippen LogP contribution < -0.4 is 0 Å². The van der Waals surface area contributed by atoms with Gasteiger partial charge in [0, 0.05) is 45.5 Å². The number of likely N-dealkylation sites (N-methyl/N-ethyl adjacent to an activating group) is 1. The Morgan fingerprint density at radius 3 is 2.52 bits per heavy atom. The van der Waals surface area contributed by atoms with E-state index in [0.29, 0.717) is 26.1 Å². The van der Waals surface area contributed by atoms with Gasteiger partial charge in [0.15, 0.2) is 0 Å². The molecule has 1 fully saturated rings. The molecule has 3 rings (SSSR count). The molecule has 0 aliphatic carbocycles. The van der Waals surface area contributed by atoms with E-state index in [1.807, 2.05) is 12.1 Å². The molecule has 2 amide bonds. The van der Waals surface area contributed by atoms with Crippen LogP contribution in [0.25, 0.3) is 0 Å². The number of aromatic nitrogens is 1. The van der Waals surface area contributed by atoms with Crippen LogP contribution in [0.2, 0.25) is 0 Å². The van der Waals surface area contributed by atoms with E-state index >= 15 is 0 Å². The fourth-order valence-corrected chi connectivity index (χ4v) is 3.34. The monoisotopic (exact) mass is 369 g/mol. The van der Waals surface area contributed by atoms with Gasteiger partial charge in [0.05, 0.1) is 5.92 Å². The summed E-state index contributed by atoms with van der Waals surface area (Å²) in [4.78, 5) is 32.4. The van der Waals surface area contributed by atoms with Crippen LogP contribution in [0.5, 0.6) is 0 Å². The first-order valence-electron chi connectivity index (χ1n) is 9.19. The maximum atomic E-state index is 13.0. The fraction of sp³-hybridized carbons (Fsp3) is 0.381. The molecule has 0 saturated carbocycles. The van der Waals surface area contributed by atoms with Crippen LogP contribution >= 0.6 is 0 Å². The zero-order valence-corrected chi connectivity index (χ0v) is 15.5. The van der Waals surface area contributed by atoms with Crippen LogP contribution in [0.3, 0.4) is 0 Å². The first-order valence-corrected chi connectivity index (χ1v) is 9.19. The lowest BCUT2D eigenvalue weighted by atomic mass is 10.1. The molecule has 0 radical (unpaired) electrons. The van der Waals surface area contributed by atoms with Gasteiger partial charge in [-0.25, -0.2) is 4.39 Å². The van der Waals surface area contributed by atoms with E-state index in [0.717, 1.165) is 17.5 Å². The van der Waals surface area contributed by atoms with Crippen molar-refractivity contribution in [2.75, 3.05) is 26.7 Å². The Kier molecular flexibility index (Phi) is 6.16. The van der Waals surface area contributed by atoms with Crippen molar-refractivity contribution in [3.63, 3.8) is 0 Å². The molecule has 142 valence electrons. The molecule has 0 spiro atoms. The Balaban J connectivity index is 1.48. The van der Waals surface area contributed by atoms with Gasteiger partial charge >= 0.3 is 0 Å². The van der Waals surface area contributed by atoms with E-state index in [1.54, 1.807) is 41.4 Å². The minimum absolute atomic E-state index is 0.0120. The Morgan fingerprint density at radius 1 is 1.15 bits per heavy atom. The molecule has 1 aromatic heterocycles. The summed E-state index contributed by atoms with van der Waals surface area (Å²) < 4.78 is 13.0. The predicted molar refractivity (Wildman–Crippen MR) is 100 cm³/mol. The van der Waals surface area contributed by atoms with Crippen LogP contribution in [-0.2, 0) is 22.4 Å². The highest BCUT2D eigenvalue weighted by Crippen LogP contribution is 2.20. The van der Waals surface area contributed by atoms with E-state index < -0.39 is 0 Å². The normalized spacial score (nSPS) is 16.6. The summed E-state index contributed by atoms with van der Waals surface area (Å²) in [6, 6.07) is 10.2. The number of hydrogen-bond donors (Lipinski definition) is 0. The number of hydrogen-bond acceptors (Lipinski definition) is 3. The van der Waals surface area contributed by atoms with Gasteiger partial charge in [0.25, 0.3) is 0 Å². The van der Waals surface area contributed by atoms with Crippen molar-refractivity contribution < 1.29 is 14.0 Å². The molecular weight excluding hydrogens is 345 g/mol. The van der Waals surface area contributed by atoms with Gasteiger partial charge in [-0.05, 0) is 48.2 Å². The average molecular weight is 369 g/mol. The first-order chi connectivity index (χ1) is 13.0. The fourth-order valence-electron chi connectivity index (χ4n) is 3.34. The second-order valence-electron chi connectivity index (χ2n) is 6.98. The number of nitrogens with zero attached hydrogens (tertiary/aromatic N) is 3. The maximum Gasteiger partial charge on any atom is 0.227 e. The summed E-state index contributed by atoms with van der Waals surface area (Å²) in [6.45, 7) is 1.62. The highest BCUT2D eigenvalue weighted by Gasteiger charge is 2.35. The molecule has 1 aliphatic rings. The average Bonchev–Trinajstić information content (AvgIpc) is 3.06. The van der Waals surface area contributed by atoms with E-state index in [1.165, 1.54) is 12.1 Å². The first kappa shape index (κ1) is 19.0. The van der Waals surface area contributed by atoms with Gasteiger partial charge < -0.3 is 9.80 Å². The summed E-state index contributed by atoms with van der Waals surface area (Å²) in [5, 5.41) is 0. The van der Waals surface area contributed by atoms with E-state index in [2.05, 4.69) is 4.98 Å². The Labute approximate surface area is 158 Å². The van der Waals surface area contributed by atoms with E-state index in [-0.39, 0.29) is 30.0 Å². The summed E-state index contributed by atoms with van der Waals surface area (Å²) in [7, 11) is 1.79. The number of carbonyl (C=O) groups excluding carboxylic acids is 2. The molecule has 6 heteroatoms. The number of carbonyl (C=O) groups is 2. The second-order valence-corrected chi connectivity index (χ2v) is 6.98. The van der Waals surface area contributed by atoms with Crippen molar-refractivity contribution in [2.24, 2.45) is 5.92 Å². The summed E-state index contributed by atoms with van der Waals surface area (Å²) >= 11 is 0. The lowest BCUT2D eigenvalue weighted by molar-refractivity contribution is -0.134. The van der Waals surface area contributed by atoms with Crippen LogP contribution in [0.15, 0.2) is 48.8 Å². The topological polar surface area (TPSA) is 53.5 Å². The molecule has 1 saturated heterocycles. The third-order valence-electron chi connectivity index (χ3n) is 5.01. The van der Waals surface area contributed by atoms with Crippen molar-refractivity contribution in [2.45, 2.75) is 19.3 Å². The molecule has 2 heterocycles. The van der Waals surface area contributed by atoms with Gasteiger partial charge in [-0.15, -0.1) is 0 Å². The van der Waals surface area contributed by atoms with E-state index in [9.17, 15) is 14.0 Å². The van der Waals surface area contributed by atoms with Crippen molar-refractivity contribution >= 4 is 11.8 Å². The molecule has 1 aromatic carbocycles. The summed E-state index contributed by atoms with van der Waals surface area (Å²) in [6.07, 6.45) is 5.17. The van der Waals surface area contributed by atoms with Crippen LogP contribution in [0, 0.1) is 11.7 Å². The van der Waals surface area contributed by atoms with E-state index in [4.69, 9.17) is 0 Å². The lowest BCUT2D eigenvalue weighted by Gasteiger charge is -2.21. The van der Waals surface area contributed by atoms with Gasteiger partial charge in [-0.1, -0.05) is 12.1 Å². The quantitative estimate of drug-likeness (QED) is 0.753. The zero-order chi connectivity index (χ0) is 19.2. The number of rotatable bonds is 7.